The lowest BCUT2D eigenvalue weighted by Crippen LogP contribution is -2.34. The number of rotatable bonds is 8. The number of carbonyl (C=O) groups is 1. The van der Waals surface area contributed by atoms with Crippen LogP contribution in [0.2, 0.25) is 0 Å². The van der Waals surface area contributed by atoms with Crippen molar-refractivity contribution < 1.29 is 17.6 Å². The van der Waals surface area contributed by atoms with Crippen molar-refractivity contribution in [3.8, 4) is 0 Å². The van der Waals surface area contributed by atoms with Gasteiger partial charge in [-0.1, -0.05) is 18.2 Å². The lowest BCUT2D eigenvalue weighted by Gasteiger charge is -2.25. The number of anilines is 1. The van der Waals surface area contributed by atoms with Gasteiger partial charge in [-0.25, -0.2) is 12.8 Å². The summed E-state index contributed by atoms with van der Waals surface area (Å²) in [6.07, 6.45) is 0. The van der Waals surface area contributed by atoms with E-state index in [1.54, 1.807) is 29.6 Å². The molecule has 1 aromatic heterocycles. The minimum atomic E-state index is -3.64. The molecule has 3 rings (SSSR count). The van der Waals surface area contributed by atoms with Crippen LogP contribution in [0.3, 0.4) is 0 Å². The lowest BCUT2D eigenvalue weighted by atomic mass is 10.1. The van der Waals surface area contributed by atoms with Gasteiger partial charge in [0.2, 0.25) is 0 Å². The molecule has 3 aromatic rings. The van der Waals surface area contributed by atoms with Gasteiger partial charge in [0.05, 0.1) is 6.04 Å². The second-order valence-electron chi connectivity index (χ2n) is 6.86. The third-order valence-electron chi connectivity index (χ3n) is 4.47. The zero-order valence-electron chi connectivity index (χ0n) is 16.5. The van der Waals surface area contributed by atoms with Gasteiger partial charge in [0.25, 0.3) is 15.9 Å². The molecule has 0 aliphatic rings. The molecule has 0 saturated heterocycles. The topological polar surface area (TPSA) is 78.5 Å². The Balaban J connectivity index is 1.64. The van der Waals surface area contributed by atoms with Gasteiger partial charge < -0.3 is 10.2 Å². The van der Waals surface area contributed by atoms with Crippen LogP contribution in [-0.4, -0.2) is 39.9 Å². The summed E-state index contributed by atoms with van der Waals surface area (Å²) in [5.74, 6) is -0.628. The van der Waals surface area contributed by atoms with Crippen LogP contribution in [-0.2, 0) is 10.0 Å². The summed E-state index contributed by atoms with van der Waals surface area (Å²) in [6, 6.07) is 15.4. The third-order valence-corrected chi connectivity index (χ3v) is 7.25. The normalized spacial score (nSPS) is 12.5. The first-order chi connectivity index (χ1) is 14.3. The van der Waals surface area contributed by atoms with Gasteiger partial charge in [0.15, 0.2) is 0 Å². The van der Waals surface area contributed by atoms with Crippen molar-refractivity contribution in [1.82, 2.24) is 10.2 Å². The summed E-state index contributed by atoms with van der Waals surface area (Å²) in [7, 11) is 0.0783. The first kappa shape index (κ1) is 21.9. The summed E-state index contributed by atoms with van der Waals surface area (Å²) in [5.41, 5.74) is 1.52. The fraction of sp³-hybridized carbons (Fsp3) is 0.190. The number of hydrogen-bond donors (Lipinski definition) is 2. The number of hydrogen-bond acceptors (Lipinski definition) is 5. The average molecular weight is 448 g/mol. The van der Waals surface area contributed by atoms with E-state index in [0.717, 1.165) is 16.9 Å². The van der Waals surface area contributed by atoms with Crippen LogP contribution in [0.4, 0.5) is 10.1 Å². The van der Waals surface area contributed by atoms with Crippen molar-refractivity contribution in [2.75, 3.05) is 25.4 Å². The maximum atomic E-state index is 13.5. The molecule has 0 bridgehead atoms. The second-order valence-corrected chi connectivity index (χ2v) is 9.72. The zero-order chi connectivity index (χ0) is 21.7. The third kappa shape index (κ3) is 5.44. The van der Waals surface area contributed by atoms with E-state index in [9.17, 15) is 17.6 Å². The number of sulfonamides is 1. The highest BCUT2D eigenvalue weighted by Crippen LogP contribution is 2.21. The van der Waals surface area contributed by atoms with Crippen LogP contribution >= 0.6 is 11.3 Å². The van der Waals surface area contributed by atoms with Crippen molar-refractivity contribution in [2.24, 2.45) is 0 Å². The van der Waals surface area contributed by atoms with Crippen LogP contribution in [0.5, 0.6) is 0 Å². The number of halogens is 1. The van der Waals surface area contributed by atoms with E-state index in [2.05, 4.69) is 10.0 Å². The van der Waals surface area contributed by atoms with E-state index in [-0.39, 0.29) is 22.0 Å². The highest BCUT2D eigenvalue weighted by molar-refractivity contribution is 7.94. The van der Waals surface area contributed by atoms with Gasteiger partial charge >= 0.3 is 0 Å². The average Bonchev–Trinajstić information content (AvgIpc) is 3.24. The van der Waals surface area contributed by atoms with Gasteiger partial charge in [-0.15, -0.1) is 11.3 Å². The molecule has 1 heterocycles. The summed E-state index contributed by atoms with van der Waals surface area (Å²) < 4.78 is 40.8. The molecule has 158 valence electrons. The minimum absolute atomic E-state index is 0.193. The van der Waals surface area contributed by atoms with E-state index < -0.39 is 10.0 Å². The largest absolute Gasteiger partial charge is 0.350 e. The molecular formula is C21H22FN3O3S2. The molecule has 0 saturated carbocycles. The molecule has 0 radical (unpaired) electrons. The number of amides is 1. The molecule has 9 heteroatoms. The Kier molecular flexibility index (Phi) is 6.86. The smallest absolute Gasteiger partial charge is 0.271 e. The molecule has 2 aromatic carbocycles. The molecule has 1 amide bonds. The number of nitrogens with one attached hydrogen (secondary N) is 2. The van der Waals surface area contributed by atoms with Crippen LogP contribution in [0.25, 0.3) is 0 Å². The van der Waals surface area contributed by atoms with E-state index in [1.165, 1.54) is 30.3 Å². The molecule has 2 N–H and O–H groups in total. The fourth-order valence-electron chi connectivity index (χ4n) is 2.92. The molecule has 6 nitrogen and oxygen atoms in total. The van der Waals surface area contributed by atoms with Gasteiger partial charge in [-0.05, 0) is 67.5 Å². The highest BCUT2D eigenvalue weighted by Gasteiger charge is 2.18. The van der Waals surface area contributed by atoms with E-state index in [0.29, 0.717) is 17.8 Å². The quantitative estimate of drug-likeness (QED) is 0.552. The molecule has 1 unspecified atom stereocenters. The van der Waals surface area contributed by atoms with Gasteiger partial charge in [0.1, 0.15) is 10.0 Å². The Morgan fingerprint density at radius 3 is 2.43 bits per heavy atom. The Morgan fingerprint density at radius 1 is 1.10 bits per heavy atom. The van der Waals surface area contributed by atoms with Crippen LogP contribution in [0.15, 0.2) is 70.3 Å². The zero-order valence-corrected chi connectivity index (χ0v) is 18.1. The summed E-state index contributed by atoms with van der Waals surface area (Å²) in [5, 5.41) is 4.54. The summed E-state index contributed by atoms with van der Waals surface area (Å²) in [6.45, 7) is 0.294. The van der Waals surface area contributed by atoms with Crippen molar-refractivity contribution in [3.05, 3.63) is 83.0 Å². The number of carbonyl (C=O) groups excluding carboxylic acids is 1. The summed E-state index contributed by atoms with van der Waals surface area (Å²) >= 11 is 1.13. The lowest BCUT2D eigenvalue weighted by molar-refractivity contribution is 0.0942. The van der Waals surface area contributed by atoms with Crippen molar-refractivity contribution in [1.29, 1.82) is 0 Å². The van der Waals surface area contributed by atoms with Crippen LogP contribution < -0.4 is 10.0 Å². The van der Waals surface area contributed by atoms with Gasteiger partial charge in [-0.3, -0.25) is 9.52 Å². The molecule has 0 aliphatic heterocycles. The van der Waals surface area contributed by atoms with Gasteiger partial charge in [-0.2, -0.15) is 0 Å². The highest BCUT2D eigenvalue weighted by atomic mass is 32.2. The predicted octanol–water partition coefficient (Wildman–Crippen LogP) is 3.72. The van der Waals surface area contributed by atoms with Crippen molar-refractivity contribution >= 4 is 33.0 Å². The number of thiophene rings is 1. The van der Waals surface area contributed by atoms with E-state index in [4.69, 9.17) is 0 Å². The van der Waals surface area contributed by atoms with Crippen molar-refractivity contribution in [3.63, 3.8) is 0 Å². The van der Waals surface area contributed by atoms with Crippen LogP contribution in [0, 0.1) is 5.82 Å². The van der Waals surface area contributed by atoms with Gasteiger partial charge in [0, 0.05) is 17.8 Å². The fourth-order valence-corrected chi connectivity index (χ4v) is 4.97. The first-order valence-corrected chi connectivity index (χ1v) is 11.5. The molecule has 0 fully saturated rings. The number of likely N-dealkylation sites (N-methyl/N-ethyl adjacent to an activating group) is 1. The van der Waals surface area contributed by atoms with E-state index >= 15 is 0 Å². The number of benzene rings is 2. The Bertz CT molecular complexity index is 1100. The molecule has 30 heavy (non-hydrogen) atoms. The standard InChI is InChI=1S/C21H22FN3O3S2/c1-25(2)19(16-5-3-6-17(22)13-16)14-23-21(26)15-8-10-18(11-9-15)24-30(27,28)20-7-4-12-29-20/h3-13,19,24H,14H2,1-2H3,(H,23,26). The first-order valence-electron chi connectivity index (χ1n) is 9.13. The SMILES string of the molecule is CN(C)C(CNC(=O)c1ccc(NS(=O)(=O)c2cccs2)cc1)c1cccc(F)c1. The summed E-state index contributed by atoms with van der Waals surface area (Å²) in [4.78, 5) is 14.4. The Labute approximate surface area is 179 Å². The predicted molar refractivity (Wildman–Crippen MR) is 117 cm³/mol. The maximum absolute atomic E-state index is 13.5. The number of nitrogens with zero attached hydrogens (tertiary/aromatic N) is 1. The Hall–Kier alpha value is -2.75. The van der Waals surface area contributed by atoms with Crippen molar-refractivity contribution in [2.45, 2.75) is 10.3 Å². The second kappa shape index (κ2) is 9.38. The maximum Gasteiger partial charge on any atom is 0.271 e. The van der Waals surface area contributed by atoms with Crippen LogP contribution in [0.1, 0.15) is 22.0 Å². The minimum Gasteiger partial charge on any atom is -0.350 e. The molecular weight excluding hydrogens is 425 g/mol. The molecule has 0 spiro atoms. The molecule has 1 atom stereocenters. The van der Waals surface area contributed by atoms with E-state index in [1.807, 2.05) is 25.1 Å². The molecule has 0 aliphatic carbocycles. The Morgan fingerprint density at radius 2 is 1.83 bits per heavy atom. The monoisotopic (exact) mass is 447 g/mol.